The van der Waals surface area contributed by atoms with Crippen LogP contribution in [0.4, 0.5) is 0 Å². The summed E-state index contributed by atoms with van der Waals surface area (Å²) in [5.41, 5.74) is 2.55. The molecule has 13 heavy (non-hydrogen) atoms. The molecule has 0 atom stereocenters. The van der Waals surface area contributed by atoms with Gasteiger partial charge in [0.2, 0.25) is 0 Å². The molecule has 0 aliphatic rings. The Bertz CT molecular complexity index is 418. The highest BCUT2D eigenvalue weighted by molar-refractivity contribution is 5.40. The summed E-state index contributed by atoms with van der Waals surface area (Å²) >= 11 is 0. The molecule has 0 aliphatic carbocycles. The van der Waals surface area contributed by atoms with Crippen molar-refractivity contribution in [2.45, 2.75) is 20.8 Å². The van der Waals surface area contributed by atoms with Gasteiger partial charge < -0.3 is 0 Å². The lowest BCUT2D eigenvalue weighted by Gasteiger charge is -1.93. The average molecular weight is 172 g/mol. The molecule has 0 bridgehead atoms. The van der Waals surface area contributed by atoms with Gasteiger partial charge in [-0.25, -0.2) is 0 Å². The molecule has 0 unspecified atom stereocenters. The second kappa shape index (κ2) is 4.08. The van der Waals surface area contributed by atoms with Gasteiger partial charge in [-0.05, 0) is 36.8 Å². The van der Waals surface area contributed by atoms with E-state index in [1.54, 1.807) is 0 Å². The van der Waals surface area contributed by atoms with Crippen LogP contribution < -0.4 is 10.4 Å². The van der Waals surface area contributed by atoms with E-state index in [0.29, 0.717) is 0 Å². The zero-order chi connectivity index (χ0) is 9.84. The van der Waals surface area contributed by atoms with Crippen molar-refractivity contribution < 1.29 is 0 Å². The standard InChI is InChI=1S/C13H16/c1-10(2)8-9-13-7-5-6-11(3)12(13)4/h5-9H,4H2,1-3H3/b13-9-. The number of hydrogen-bond donors (Lipinski definition) is 0. The van der Waals surface area contributed by atoms with Crippen LogP contribution in [0.3, 0.4) is 0 Å². The van der Waals surface area contributed by atoms with Crippen LogP contribution in [0.25, 0.3) is 12.7 Å². The van der Waals surface area contributed by atoms with Crippen LogP contribution in [0.15, 0.2) is 29.8 Å². The molecule has 1 rings (SSSR count). The number of allylic oxidation sites excluding steroid dienone is 2. The van der Waals surface area contributed by atoms with Crippen LogP contribution in [-0.2, 0) is 0 Å². The van der Waals surface area contributed by atoms with Crippen LogP contribution in [-0.4, -0.2) is 0 Å². The van der Waals surface area contributed by atoms with Crippen molar-refractivity contribution in [1.29, 1.82) is 0 Å². The number of rotatable bonds is 1. The summed E-state index contributed by atoms with van der Waals surface area (Å²) in [6.45, 7) is 10.3. The first-order chi connectivity index (χ1) is 6.11. The van der Waals surface area contributed by atoms with Gasteiger partial charge in [0.1, 0.15) is 0 Å². The summed E-state index contributed by atoms with van der Waals surface area (Å²) in [5, 5.41) is 2.33. The predicted molar refractivity (Wildman–Crippen MR) is 59.8 cm³/mol. The minimum atomic E-state index is 1.12. The number of benzene rings is 1. The molecule has 0 amide bonds. The molecule has 0 saturated heterocycles. The molecule has 0 radical (unpaired) electrons. The van der Waals surface area contributed by atoms with Gasteiger partial charge in [0.15, 0.2) is 0 Å². The van der Waals surface area contributed by atoms with E-state index in [1.165, 1.54) is 16.4 Å². The first kappa shape index (κ1) is 9.79. The zero-order valence-corrected chi connectivity index (χ0v) is 8.59. The summed E-state index contributed by atoms with van der Waals surface area (Å²) in [4.78, 5) is 0. The van der Waals surface area contributed by atoms with Crippen molar-refractivity contribution in [3.8, 4) is 0 Å². The minimum absolute atomic E-state index is 1.12. The van der Waals surface area contributed by atoms with E-state index in [2.05, 4.69) is 57.7 Å². The Hall–Kier alpha value is -1.30. The van der Waals surface area contributed by atoms with E-state index in [4.69, 9.17) is 0 Å². The van der Waals surface area contributed by atoms with Gasteiger partial charge in [-0.3, -0.25) is 0 Å². The third-order valence-corrected chi connectivity index (χ3v) is 2.04. The second-order valence-corrected chi connectivity index (χ2v) is 3.55. The summed E-state index contributed by atoms with van der Waals surface area (Å²) in [7, 11) is 0. The van der Waals surface area contributed by atoms with E-state index in [-0.39, 0.29) is 0 Å². The Morgan fingerprint density at radius 2 is 2.00 bits per heavy atom. The number of aryl methyl sites for hydroxylation is 1. The molecular formula is C13H16. The van der Waals surface area contributed by atoms with Gasteiger partial charge in [0.25, 0.3) is 0 Å². The maximum absolute atomic E-state index is 4.04. The van der Waals surface area contributed by atoms with Gasteiger partial charge in [-0.2, -0.15) is 0 Å². The fourth-order valence-corrected chi connectivity index (χ4v) is 1.14. The van der Waals surface area contributed by atoms with Crippen molar-refractivity contribution in [3.63, 3.8) is 0 Å². The highest BCUT2D eigenvalue weighted by Crippen LogP contribution is 1.88. The molecule has 0 heterocycles. The summed E-state index contributed by atoms with van der Waals surface area (Å²) < 4.78 is 0. The van der Waals surface area contributed by atoms with E-state index < -0.39 is 0 Å². The molecule has 0 heteroatoms. The Morgan fingerprint density at radius 3 is 2.62 bits per heavy atom. The third-order valence-electron chi connectivity index (χ3n) is 2.04. The normalized spacial score (nSPS) is 11.5. The lowest BCUT2D eigenvalue weighted by Crippen LogP contribution is -2.24. The molecule has 0 aliphatic heterocycles. The fraction of sp³-hybridized carbons (Fsp3) is 0.231. The van der Waals surface area contributed by atoms with Crippen LogP contribution >= 0.6 is 0 Å². The smallest absolute Gasteiger partial charge is 0.0187 e. The number of hydrogen-bond acceptors (Lipinski definition) is 0. The first-order valence-corrected chi connectivity index (χ1v) is 4.51. The molecule has 68 valence electrons. The summed E-state index contributed by atoms with van der Waals surface area (Å²) in [6, 6.07) is 6.24. The van der Waals surface area contributed by atoms with Crippen LogP contribution in [0.2, 0.25) is 0 Å². The summed E-state index contributed by atoms with van der Waals surface area (Å²) in [6.07, 6.45) is 4.23. The lowest BCUT2D eigenvalue weighted by atomic mass is 10.1. The zero-order valence-electron chi connectivity index (χ0n) is 8.59. The fourth-order valence-electron chi connectivity index (χ4n) is 1.14. The highest BCUT2D eigenvalue weighted by Gasteiger charge is 1.85. The van der Waals surface area contributed by atoms with Crippen molar-refractivity contribution in [3.05, 3.63) is 45.8 Å². The first-order valence-electron chi connectivity index (χ1n) is 4.51. The van der Waals surface area contributed by atoms with Crippen LogP contribution in [0.5, 0.6) is 0 Å². The molecule has 0 aromatic heterocycles. The van der Waals surface area contributed by atoms with Gasteiger partial charge in [-0.15, -0.1) is 0 Å². The predicted octanol–water partition coefficient (Wildman–Crippen LogP) is 2.15. The van der Waals surface area contributed by atoms with Gasteiger partial charge in [0.05, 0.1) is 0 Å². The molecule has 1 aromatic carbocycles. The third kappa shape index (κ3) is 2.59. The SMILES string of the molecule is C=c1c(C)ccc/c1=C/C=C(C)C. The Labute approximate surface area is 79.9 Å². The monoisotopic (exact) mass is 172 g/mol. The Balaban J connectivity index is 3.32. The Morgan fingerprint density at radius 1 is 1.31 bits per heavy atom. The van der Waals surface area contributed by atoms with Gasteiger partial charge in [0, 0.05) is 0 Å². The van der Waals surface area contributed by atoms with Gasteiger partial charge >= 0.3 is 0 Å². The largest absolute Gasteiger partial charge is 0.0909 e. The lowest BCUT2D eigenvalue weighted by molar-refractivity contribution is 1.37. The Kier molecular flexibility index (Phi) is 3.07. The van der Waals surface area contributed by atoms with Crippen LogP contribution in [0, 0.1) is 6.92 Å². The quantitative estimate of drug-likeness (QED) is 0.609. The minimum Gasteiger partial charge on any atom is -0.0909 e. The average Bonchev–Trinajstić information content (AvgIpc) is 2.07. The second-order valence-electron chi connectivity index (χ2n) is 3.55. The van der Waals surface area contributed by atoms with E-state index in [9.17, 15) is 0 Å². The van der Waals surface area contributed by atoms with E-state index in [0.717, 1.165) is 5.22 Å². The van der Waals surface area contributed by atoms with E-state index >= 15 is 0 Å². The van der Waals surface area contributed by atoms with Gasteiger partial charge in [-0.1, -0.05) is 42.5 Å². The highest BCUT2D eigenvalue weighted by atomic mass is 13.9. The molecular weight excluding hydrogens is 156 g/mol. The molecule has 0 fully saturated rings. The molecule has 0 spiro atoms. The maximum Gasteiger partial charge on any atom is -0.0187 e. The van der Waals surface area contributed by atoms with Crippen molar-refractivity contribution in [2.75, 3.05) is 0 Å². The van der Waals surface area contributed by atoms with Crippen molar-refractivity contribution >= 4 is 12.7 Å². The van der Waals surface area contributed by atoms with E-state index in [1.807, 2.05) is 0 Å². The maximum atomic E-state index is 4.04. The topological polar surface area (TPSA) is 0 Å². The van der Waals surface area contributed by atoms with Crippen molar-refractivity contribution in [1.82, 2.24) is 0 Å². The molecule has 0 saturated carbocycles. The molecule has 0 N–H and O–H groups in total. The molecule has 0 nitrogen and oxygen atoms in total. The van der Waals surface area contributed by atoms with Crippen molar-refractivity contribution in [2.24, 2.45) is 0 Å². The van der Waals surface area contributed by atoms with Crippen LogP contribution in [0.1, 0.15) is 19.4 Å². The summed E-state index contributed by atoms with van der Waals surface area (Å²) in [5.74, 6) is 0. The molecule has 1 aromatic rings.